The Labute approximate surface area is 101 Å². The van der Waals surface area contributed by atoms with Gasteiger partial charge in [0.1, 0.15) is 0 Å². The number of hydrogen-bond donors (Lipinski definition) is 2. The normalized spacial score (nSPS) is 12.4. The summed E-state index contributed by atoms with van der Waals surface area (Å²) in [5.41, 5.74) is 4.18. The number of ether oxygens (including phenoxy) is 2. The van der Waals surface area contributed by atoms with E-state index < -0.39 is 12.7 Å². The van der Waals surface area contributed by atoms with E-state index in [2.05, 4.69) is 15.8 Å². The van der Waals surface area contributed by atoms with E-state index in [1.54, 1.807) is 7.11 Å². The molecule has 0 spiro atoms. The topological polar surface area (TPSA) is 73.6 Å². The summed E-state index contributed by atoms with van der Waals surface area (Å²) < 4.78 is 41.4. The fourth-order valence-electron chi connectivity index (χ4n) is 0.771. The van der Waals surface area contributed by atoms with Crippen molar-refractivity contribution in [3.8, 4) is 0 Å². The largest absolute Gasteiger partial charge is 0.468 e. The number of methoxy groups -OCH3 is 1. The number of likely N-dealkylation sites (N-methyl/N-ethyl adjacent to an activating group) is 1. The molecule has 0 aromatic rings. The van der Waals surface area contributed by atoms with Gasteiger partial charge in [0.05, 0.1) is 19.8 Å². The van der Waals surface area contributed by atoms with Crippen LogP contribution in [-0.2, 0) is 14.3 Å². The Kier molecular flexibility index (Phi) is 12.6. The number of nitrogens with two attached hydrogens (primary N) is 1. The van der Waals surface area contributed by atoms with E-state index in [-0.39, 0.29) is 8.90 Å². The van der Waals surface area contributed by atoms with Crippen LogP contribution < -0.4 is 11.1 Å². The highest BCUT2D eigenvalue weighted by Gasteiger charge is 2.23. The van der Waals surface area contributed by atoms with Crippen LogP contribution in [0.25, 0.3) is 0 Å². The Morgan fingerprint density at radius 3 is 2.35 bits per heavy atom. The third kappa shape index (κ3) is 17.7. The lowest BCUT2D eigenvalue weighted by atomic mass is 10.2. The van der Waals surface area contributed by atoms with Crippen molar-refractivity contribution in [1.82, 2.24) is 5.32 Å². The third-order valence-electron chi connectivity index (χ3n) is 1.66. The summed E-state index contributed by atoms with van der Waals surface area (Å²) in [4.78, 5) is 9.76. The Morgan fingerprint density at radius 1 is 1.53 bits per heavy atom. The molecule has 0 amide bonds. The highest BCUT2D eigenvalue weighted by molar-refractivity contribution is 5.36. The van der Waals surface area contributed by atoms with Crippen LogP contribution in [0.2, 0.25) is 0 Å². The second-order valence-electron chi connectivity index (χ2n) is 3.02. The first-order valence-electron chi connectivity index (χ1n) is 4.89. The maximum absolute atomic E-state index is 10.7. The SMILES string of the molecule is CN[C@H](CCOC=O)COC.NCC(F)(F)F.[HH].[HH]. The average molecular weight is 264 g/mol. The van der Waals surface area contributed by atoms with Crippen molar-refractivity contribution in [2.24, 2.45) is 5.73 Å². The quantitative estimate of drug-likeness (QED) is 0.525. The molecule has 5 nitrogen and oxygen atoms in total. The molecule has 0 aromatic heterocycles. The van der Waals surface area contributed by atoms with E-state index in [4.69, 9.17) is 4.74 Å². The molecule has 0 rings (SSSR count). The molecule has 0 bridgehead atoms. The minimum Gasteiger partial charge on any atom is -0.468 e. The van der Waals surface area contributed by atoms with Gasteiger partial charge in [-0.05, 0) is 13.5 Å². The number of alkyl halides is 3. The summed E-state index contributed by atoms with van der Waals surface area (Å²) in [7, 11) is 3.50. The van der Waals surface area contributed by atoms with E-state index in [1.807, 2.05) is 7.05 Å². The highest BCUT2D eigenvalue weighted by Crippen LogP contribution is 2.10. The summed E-state index contributed by atoms with van der Waals surface area (Å²) in [5.74, 6) is 0. The Hall–Kier alpha value is -0.860. The lowest BCUT2D eigenvalue weighted by molar-refractivity contribution is -0.129. The predicted molar refractivity (Wildman–Crippen MR) is 60.7 cm³/mol. The summed E-state index contributed by atoms with van der Waals surface area (Å²) in [6.45, 7) is 0.309. The van der Waals surface area contributed by atoms with Gasteiger partial charge < -0.3 is 20.5 Å². The van der Waals surface area contributed by atoms with Gasteiger partial charge in [-0.2, -0.15) is 13.2 Å². The fraction of sp³-hybridized carbons (Fsp3) is 0.889. The number of carbonyl (C=O) groups excluding carboxylic acids is 1. The Bertz CT molecular complexity index is 189. The van der Waals surface area contributed by atoms with Gasteiger partial charge in [0.2, 0.25) is 0 Å². The number of nitrogens with one attached hydrogen (secondary N) is 1. The van der Waals surface area contributed by atoms with Crippen molar-refractivity contribution in [3.63, 3.8) is 0 Å². The maximum Gasteiger partial charge on any atom is 0.400 e. The van der Waals surface area contributed by atoms with Crippen LogP contribution in [0.1, 0.15) is 9.27 Å². The standard InChI is InChI=1S/C7H15NO3.C2H4F3N.2H2/c1-8-7(5-10-2)3-4-11-6-9;3-2(4,5)1-6;;/h6-8H,3-5H2,1-2H3;1,6H2;2*1H/t7-;;;/m1.../s1. The molecule has 0 aliphatic rings. The molecule has 3 N–H and O–H groups in total. The van der Waals surface area contributed by atoms with Crippen LogP contribution in [0.15, 0.2) is 0 Å². The van der Waals surface area contributed by atoms with Crippen molar-refractivity contribution in [2.45, 2.75) is 18.6 Å². The van der Waals surface area contributed by atoms with Crippen LogP contribution in [0.4, 0.5) is 13.2 Å². The van der Waals surface area contributed by atoms with Gasteiger partial charge in [-0.3, -0.25) is 4.79 Å². The van der Waals surface area contributed by atoms with Gasteiger partial charge in [-0.1, -0.05) is 0 Å². The van der Waals surface area contributed by atoms with Crippen LogP contribution in [0, 0.1) is 0 Å². The minimum atomic E-state index is -4.18. The molecule has 108 valence electrons. The minimum absolute atomic E-state index is 0. The second kappa shape index (κ2) is 11.6. The summed E-state index contributed by atoms with van der Waals surface area (Å²) in [6, 6.07) is 0.264. The van der Waals surface area contributed by atoms with E-state index >= 15 is 0 Å². The molecule has 0 heterocycles. The molecule has 0 saturated carbocycles. The van der Waals surface area contributed by atoms with Gasteiger partial charge in [0, 0.05) is 16.0 Å². The molecule has 8 heteroatoms. The maximum atomic E-state index is 10.7. The zero-order chi connectivity index (χ0) is 13.7. The molecule has 0 aliphatic carbocycles. The van der Waals surface area contributed by atoms with Crippen LogP contribution in [-0.4, -0.2) is 52.6 Å². The van der Waals surface area contributed by atoms with Gasteiger partial charge >= 0.3 is 6.18 Å². The molecule has 0 unspecified atom stereocenters. The van der Waals surface area contributed by atoms with Crippen molar-refractivity contribution in [2.75, 3.05) is 33.9 Å². The number of rotatable bonds is 7. The smallest absolute Gasteiger partial charge is 0.400 e. The number of hydrogen-bond acceptors (Lipinski definition) is 5. The third-order valence-corrected chi connectivity index (χ3v) is 1.66. The van der Waals surface area contributed by atoms with E-state index in [1.165, 1.54) is 0 Å². The summed E-state index contributed by atoms with van der Waals surface area (Å²) in [6.07, 6.45) is -3.40. The molecule has 1 atom stereocenters. The van der Waals surface area contributed by atoms with Crippen LogP contribution in [0.3, 0.4) is 0 Å². The molecule has 0 saturated heterocycles. The molecular weight excluding hydrogens is 241 g/mol. The molecule has 0 radical (unpaired) electrons. The number of halogens is 3. The Morgan fingerprint density at radius 2 is 2.06 bits per heavy atom. The fourth-order valence-corrected chi connectivity index (χ4v) is 0.771. The summed E-state index contributed by atoms with van der Waals surface area (Å²) in [5, 5.41) is 3.04. The first-order chi connectivity index (χ1) is 7.91. The van der Waals surface area contributed by atoms with Crippen molar-refractivity contribution >= 4 is 6.47 Å². The second-order valence-corrected chi connectivity index (χ2v) is 3.02. The van der Waals surface area contributed by atoms with Gasteiger partial charge in [0.15, 0.2) is 0 Å². The molecule has 0 aliphatic heterocycles. The first kappa shape index (κ1) is 18.5. The molecule has 0 fully saturated rings. The van der Waals surface area contributed by atoms with Crippen LogP contribution >= 0.6 is 0 Å². The van der Waals surface area contributed by atoms with Gasteiger partial charge in [-0.15, -0.1) is 0 Å². The Balaban J connectivity index is -0.000000123. The van der Waals surface area contributed by atoms with Crippen molar-refractivity contribution in [3.05, 3.63) is 0 Å². The lowest BCUT2D eigenvalue weighted by Crippen LogP contribution is -2.31. The van der Waals surface area contributed by atoms with Crippen LogP contribution in [0.5, 0.6) is 0 Å². The summed E-state index contributed by atoms with van der Waals surface area (Å²) >= 11 is 0. The highest BCUT2D eigenvalue weighted by atomic mass is 19.4. The number of carbonyl (C=O) groups is 1. The lowest BCUT2D eigenvalue weighted by Gasteiger charge is -2.13. The predicted octanol–water partition coefficient (Wildman–Crippen LogP) is 0.783. The van der Waals surface area contributed by atoms with E-state index in [9.17, 15) is 18.0 Å². The van der Waals surface area contributed by atoms with E-state index in [0.717, 1.165) is 6.42 Å². The van der Waals surface area contributed by atoms with Crippen molar-refractivity contribution < 1.29 is 30.3 Å². The monoisotopic (exact) mass is 264 g/mol. The first-order valence-corrected chi connectivity index (χ1v) is 4.89. The molecular formula is C9H23F3N2O3. The van der Waals surface area contributed by atoms with Gasteiger partial charge in [-0.25, -0.2) is 0 Å². The van der Waals surface area contributed by atoms with Gasteiger partial charge in [0.25, 0.3) is 6.47 Å². The zero-order valence-electron chi connectivity index (χ0n) is 9.92. The molecule has 17 heavy (non-hydrogen) atoms. The zero-order valence-corrected chi connectivity index (χ0v) is 9.92. The van der Waals surface area contributed by atoms with E-state index in [0.29, 0.717) is 19.7 Å². The average Bonchev–Trinajstić information content (AvgIpc) is 2.28. The van der Waals surface area contributed by atoms with Crippen molar-refractivity contribution in [1.29, 1.82) is 0 Å². The molecule has 0 aromatic carbocycles.